The highest BCUT2D eigenvalue weighted by Gasteiger charge is 2.35. The number of thiophene rings is 1. The maximum absolute atomic E-state index is 12.5. The molecule has 0 aromatic carbocycles. The van der Waals surface area contributed by atoms with Crippen LogP contribution in [0.25, 0.3) is 0 Å². The van der Waals surface area contributed by atoms with Crippen LogP contribution in [0, 0.1) is 0 Å². The van der Waals surface area contributed by atoms with E-state index < -0.39 is 16.0 Å². The second-order valence-corrected chi connectivity index (χ2v) is 7.56. The maximum Gasteiger partial charge on any atom is 0.348 e. The molecular weight excluding hydrogens is 304 g/mol. The zero-order valence-electron chi connectivity index (χ0n) is 11.2. The molecule has 1 atom stereocenters. The Morgan fingerprint density at radius 2 is 2.20 bits per heavy atom. The first-order chi connectivity index (χ1) is 9.40. The molecule has 1 aromatic heterocycles. The van der Waals surface area contributed by atoms with Crippen molar-refractivity contribution in [3.8, 4) is 5.75 Å². The Hall–Kier alpha value is -1.16. The van der Waals surface area contributed by atoms with Gasteiger partial charge in [-0.25, -0.2) is 13.2 Å². The molecule has 0 radical (unpaired) electrons. The molecule has 0 amide bonds. The van der Waals surface area contributed by atoms with E-state index in [4.69, 9.17) is 10.5 Å². The highest BCUT2D eigenvalue weighted by atomic mass is 32.2. The van der Waals surface area contributed by atoms with Gasteiger partial charge < -0.3 is 15.2 Å². The van der Waals surface area contributed by atoms with Gasteiger partial charge in [0.2, 0.25) is 0 Å². The van der Waals surface area contributed by atoms with Crippen molar-refractivity contribution in [2.24, 2.45) is 5.73 Å². The maximum atomic E-state index is 12.5. The first-order valence-electron chi connectivity index (χ1n) is 5.92. The number of hydrogen-bond donors (Lipinski definition) is 1. The number of hydrogen-bond acceptors (Lipinski definition) is 7. The van der Waals surface area contributed by atoms with Gasteiger partial charge in [-0.05, 0) is 6.42 Å². The van der Waals surface area contributed by atoms with E-state index in [0.717, 1.165) is 11.3 Å². The lowest BCUT2D eigenvalue weighted by atomic mass is 10.3. The van der Waals surface area contributed by atoms with Crippen LogP contribution < -0.4 is 10.5 Å². The minimum absolute atomic E-state index is 0.00880. The fraction of sp³-hybridized carbons (Fsp3) is 0.545. The van der Waals surface area contributed by atoms with Crippen molar-refractivity contribution >= 4 is 27.3 Å². The lowest BCUT2D eigenvalue weighted by Gasteiger charge is -2.15. The Labute approximate surface area is 121 Å². The van der Waals surface area contributed by atoms with Gasteiger partial charge in [-0.3, -0.25) is 0 Å². The Morgan fingerprint density at radius 1 is 1.50 bits per heavy atom. The van der Waals surface area contributed by atoms with E-state index in [0.29, 0.717) is 13.0 Å². The van der Waals surface area contributed by atoms with Gasteiger partial charge in [0, 0.05) is 25.2 Å². The van der Waals surface area contributed by atoms with Gasteiger partial charge in [0.25, 0.3) is 10.0 Å². The third-order valence-electron chi connectivity index (χ3n) is 3.03. The van der Waals surface area contributed by atoms with Gasteiger partial charge in [-0.15, -0.1) is 11.3 Å². The summed E-state index contributed by atoms with van der Waals surface area (Å²) in [5, 5.41) is 0. The summed E-state index contributed by atoms with van der Waals surface area (Å²) in [6.07, 6.45) is 0.622. The molecule has 2 rings (SSSR count). The lowest BCUT2D eigenvalue weighted by molar-refractivity contribution is 0.0606. The number of nitrogens with zero attached hydrogens (tertiary/aromatic N) is 1. The number of esters is 1. The molecule has 9 heteroatoms. The predicted octanol–water partition coefficient (Wildman–Crippen LogP) is 0.265. The van der Waals surface area contributed by atoms with Crippen molar-refractivity contribution in [1.29, 1.82) is 0 Å². The Bertz CT molecular complexity index is 610. The van der Waals surface area contributed by atoms with Crippen LogP contribution in [-0.2, 0) is 14.8 Å². The molecular formula is C11H16N2O5S2. The van der Waals surface area contributed by atoms with Crippen molar-refractivity contribution in [3.63, 3.8) is 0 Å². The summed E-state index contributed by atoms with van der Waals surface area (Å²) in [5.41, 5.74) is 5.74. The number of ether oxygens (including phenoxy) is 2. The molecule has 20 heavy (non-hydrogen) atoms. The van der Waals surface area contributed by atoms with Crippen LogP contribution in [0.4, 0.5) is 0 Å². The second kappa shape index (κ2) is 5.68. The van der Waals surface area contributed by atoms with Crippen molar-refractivity contribution < 1.29 is 22.7 Å². The average molecular weight is 320 g/mol. The highest BCUT2D eigenvalue weighted by molar-refractivity contribution is 7.91. The normalized spacial score (nSPS) is 20.1. The number of nitrogens with two attached hydrogens (primary N) is 1. The molecule has 1 aromatic rings. The summed E-state index contributed by atoms with van der Waals surface area (Å²) in [4.78, 5) is 11.7. The molecule has 1 aliphatic heterocycles. The molecule has 0 spiro atoms. The third-order valence-corrected chi connectivity index (χ3v) is 6.49. The zero-order chi connectivity index (χ0) is 14.9. The minimum atomic E-state index is -3.70. The first kappa shape index (κ1) is 15.2. The van der Waals surface area contributed by atoms with Crippen molar-refractivity contribution in [2.45, 2.75) is 16.7 Å². The third kappa shape index (κ3) is 2.66. The zero-order valence-corrected chi connectivity index (χ0v) is 12.8. The molecule has 112 valence electrons. The van der Waals surface area contributed by atoms with Gasteiger partial charge in [0.05, 0.1) is 14.2 Å². The number of carbonyl (C=O) groups excluding carboxylic acids is 1. The predicted molar refractivity (Wildman–Crippen MR) is 73.6 cm³/mol. The smallest absolute Gasteiger partial charge is 0.348 e. The number of carbonyl (C=O) groups is 1. The van der Waals surface area contributed by atoms with Crippen LogP contribution in [0.3, 0.4) is 0 Å². The molecule has 2 heterocycles. The SMILES string of the molecule is COC(=O)c1cc(OC)c(S(=O)(=O)N2CC[C@@H](N)C2)s1. The largest absolute Gasteiger partial charge is 0.494 e. The van der Waals surface area contributed by atoms with Crippen molar-refractivity contribution in [3.05, 3.63) is 10.9 Å². The minimum Gasteiger partial charge on any atom is -0.494 e. The molecule has 0 unspecified atom stereocenters. The average Bonchev–Trinajstić information content (AvgIpc) is 3.04. The van der Waals surface area contributed by atoms with E-state index >= 15 is 0 Å². The standard InChI is InChI=1S/C11H16N2O5S2/c1-17-8-5-9(10(14)18-2)19-11(8)20(15,16)13-4-3-7(12)6-13/h5,7H,3-4,6,12H2,1-2H3/t7-/m1/s1. The van der Waals surface area contributed by atoms with E-state index in [1.807, 2.05) is 0 Å². The second-order valence-electron chi connectivity index (χ2n) is 4.37. The molecule has 1 fully saturated rings. The van der Waals surface area contributed by atoms with Gasteiger partial charge >= 0.3 is 5.97 Å². The monoisotopic (exact) mass is 320 g/mol. The van der Waals surface area contributed by atoms with Crippen LogP contribution in [0.5, 0.6) is 5.75 Å². The van der Waals surface area contributed by atoms with E-state index in [2.05, 4.69) is 4.74 Å². The van der Waals surface area contributed by atoms with E-state index in [1.165, 1.54) is 24.6 Å². The number of methoxy groups -OCH3 is 2. The molecule has 1 saturated heterocycles. The topological polar surface area (TPSA) is 98.9 Å². The summed E-state index contributed by atoms with van der Waals surface area (Å²) in [6, 6.07) is 1.22. The Kier molecular flexibility index (Phi) is 4.33. The number of sulfonamides is 1. The van der Waals surface area contributed by atoms with Crippen LogP contribution in [0.15, 0.2) is 10.3 Å². The van der Waals surface area contributed by atoms with Crippen molar-refractivity contribution in [1.82, 2.24) is 4.31 Å². The fourth-order valence-corrected chi connectivity index (χ4v) is 5.12. The first-order valence-corrected chi connectivity index (χ1v) is 8.17. The molecule has 2 N–H and O–H groups in total. The Balaban J connectivity index is 2.40. The fourth-order valence-electron chi connectivity index (χ4n) is 1.97. The van der Waals surface area contributed by atoms with E-state index in [1.54, 1.807) is 0 Å². The molecule has 0 saturated carbocycles. The van der Waals surface area contributed by atoms with Crippen LogP contribution >= 0.6 is 11.3 Å². The van der Waals surface area contributed by atoms with Crippen LogP contribution in [0.2, 0.25) is 0 Å². The summed E-state index contributed by atoms with van der Waals surface area (Å²) in [5.74, 6) is -0.441. The summed E-state index contributed by atoms with van der Waals surface area (Å²) in [6.45, 7) is 0.648. The van der Waals surface area contributed by atoms with Gasteiger partial charge in [-0.1, -0.05) is 0 Å². The quantitative estimate of drug-likeness (QED) is 0.799. The lowest BCUT2D eigenvalue weighted by Crippen LogP contribution is -2.31. The van der Waals surface area contributed by atoms with Gasteiger partial charge in [0.1, 0.15) is 4.88 Å². The summed E-state index contributed by atoms with van der Waals surface area (Å²) in [7, 11) is -1.10. The van der Waals surface area contributed by atoms with Crippen LogP contribution in [-0.4, -0.2) is 52.0 Å². The molecule has 1 aliphatic rings. The molecule has 0 bridgehead atoms. The molecule has 7 nitrogen and oxygen atoms in total. The Morgan fingerprint density at radius 3 is 2.70 bits per heavy atom. The van der Waals surface area contributed by atoms with E-state index in [9.17, 15) is 13.2 Å². The van der Waals surface area contributed by atoms with Gasteiger partial charge in [-0.2, -0.15) is 4.31 Å². The van der Waals surface area contributed by atoms with Crippen LogP contribution in [0.1, 0.15) is 16.1 Å². The summed E-state index contributed by atoms with van der Waals surface area (Å²) >= 11 is 0.842. The van der Waals surface area contributed by atoms with Crippen molar-refractivity contribution in [2.75, 3.05) is 27.3 Å². The molecule has 0 aliphatic carbocycles. The highest BCUT2D eigenvalue weighted by Crippen LogP contribution is 2.36. The number of rotatable bonds is 4. The van der Waals surface area contributed by atoms with Gasteiger partial charge in [0.15, 0.2) is 9.96 Å². The summed E-state index contributed by atoms with van der Waals surface area (Å²) < 4.78 is 36.0. The van der Waals surface area contributed by atoms with E-state index in [-0.39, 0.29) is 27.4 Å².